The van der Waals surface area contributed by atoms with Crippen LogP contribution < -0.4 is 10.6 Å². The van der Waals surface area contributed by atoms with E-state index in [1.54, 1.807) is 26.0 Å². The first-order chi connectivity index (χ1) is 11.9. The fraction of sp³-hybridized carbons (Fsp3) is 0.158. The predicted molar refractivity (Wildman–Crippen MR) is 100 cm³/mol. The molecule has 3 aromatic rings. The highest BCUT2D eigenvalue weighted by Gasteiger charge is 2.17. The van der Waals surface area contributed by atoms with Crippen LogP contribution in [-0.4, -0.2) is 10.9 Å². The summed E-state index contributed by atoms with van der Waals surface area (Å²) >= 11 is 1.24. The molecule has 0 bridgehead atoms. The summed E-state index contributed by atoms with van der Waals surface area (Å²) in [7, 11) is 0. The van der Waals surface area contributed by atoms with Crippen molar-refractivity contribution in [1.82, 2.24) is 4.98 Å². The van der Waals surface area contributed by atoms with Gasteiger partial charge in [-0.1, -0.05) is 35.1 Å². The van der Waals surface area contributed by atoms with Gasteiger partial charge in [-0.3, -0.25) is 4.79 Å². The van der Waals surface area contributed by atoms with Gasteiger partial charge in [-0.15, -0.1) is 0 Å². The Hall–Kier alpha value is -2.73. The van der Waals surface area contributed by atoms with E-state index in [1.165, 1.54) is 23.0 Å². The Morgan fingerprint density at radius 3 is 2.40 bits per heavy atom. The summed E-state index contributed by atoms with van der Waals surface area (Å²) in [6, 6.07) is 12.6. The first-order valence-corrected chi connectivity index (χ1v) is 8.62. The number of amides is 1. The topological polar surface area (TPSA) is 54.0 Å². The van der Waals surface area contributed by atoms with E-state index in [9.17, 15) is 9.18 Å². The molecule has 3 rings (SSSR count). The third kappa shape index (κ3) is 4.03. The molecule has 25 heavy (non-hydrogen) atoms. The number of carbonyl (C=O) groups excluding carboxylic acids is 1. The molecule has 1 heterocycles. The van der Waals surface area contributed by atoms with Crippen LogP contribution in [0.25, 0.3) is 0 Å². The minimum Gasteiger partial charge on any atom is -0.332 e. The van der Waals surface area contributed by atoms with Gasteiger partial charge in [0.2, 0.25) is 0 Å². The van der Waals surface area contributed by atoms with Crippen molar-refractivity contribution < 1.29 is 9.18 Å². The van der Waals surface area contributed by atoms with E-state index in [1.807, 2.05) is 31.2 Å². The average molecular weight is 355 g/mol. The van der Waals surface area contributed by atoms with Crippen molar-refractivity contribution in [1.29, 1.82) is 0 Å². The lowest BCUT2D eigenvalue weighted by Gasteiger charge is -2.06. The summed E-state index contributed by atoms with van der Waals surface area (Å²) in [6.07, 6.45) is 0. The maximum absolute atomic E-state index is 13.9. The third-order valence-electron chi connectivity index (χ3n) is 3.68. The summed E-state index contributed by atoms with van der Waals surface area (Å²) in [5, 5.41) is 6.41. The Morgan fingerprint density at radius 2 is 1.72 bits per heavy atom. The number of benzene rings is 2. The number of carbonyl (C=O) groups is 1. The molecule has 0 aliphatic heterocycles. The molecule has 6 heteroatoms. The number of aryl methyl sites for hydroxylation is 3. The molecular weight excluding hydrogens is 337 g/mol. The van der Waals surface area contributed by atoms with Gasteiger partial charge in [0.15, 0.2) is 5.13 Å². The number of aromatic nitrogens is 1. The number of hydrogen-bond acceptors (Lipinski definition) is 4. The predicted octanol–water partition coefficient (Wildman–Crippen LogP) is 5.20. The van der Waals surface area contributed by atoms with Gasteiger partial charge < -0.3 is 10.6 Å². The summed E-state index contributed by atoms with van der Waals surface area (Å²) in [4.78, 5) is 17.3. The van der Waals surface area contributed by atoms with Gasteiger partial charge in [-0.25, -0.2) is 9.37 Å². The summed E-state index contributed by atoms with van der Waals surface area (Å²) in [6.45, 7) is 5.58. The molecule has 0 saturated heterocycles. The molecular formula is C19H18FN3OS. The highest BCUT2D eigenvalue weighted by molar-refractivity contribution is 7.17. The SMILES string of the molecule is Cc1ccc(Nc2nc(C)c(C(=O)Nc3ccc(C)cc3F)s2)cc1. The van der Waals surface area contributed by atoms with Gasteiger partial charge in [0.1, 0.15) is 10.7 Å². The molecule has 0 unspecified atom stereocenters. The quantitative estimate of drug-likeness (QED) is 0.676. The summed E-state index contributed by atoms with van der Waals surface area (Å²) in [5.41, 5.74) is 3.63. The fourth-order valence-electron chi connectivity index (χ4n) is 2.32. The number of thiazole rings is 1. The normalized spacial score (nSPS) is 10.6. The molecule has 1 aromatic heterocycles. The van der Waals surface area contributed by atoms with Crippen LogP contribution in [0.4, 0.5) is 20.9 Å². The highest BCUT2D eigenvalue weighted by Crippen LogP contribution is 2.27. The van der Waals surface area contributed by atoms with Crippen LogP contribution in [0, 0.1) is 26.6 Å². The smallest absolute Gasteiger partial charge is 0.267 e. The second-order valence-corrected chi connectivity index (χ2v) is 6.86. The Labute approximate surface area is 149 Å². The molecule has 1 amide bonds. The van der Waals surface area contributed by atoms with Crippen LogP contribution >= 0.6 is 11.3 Å². The van der Waals surface area contributed by atoms with Gasteiger partial charge in [0.25, 0.3) is 5.91 Å². The van der Waals surface area contributed by atoms with E-state index in [0.29, 0.717) is 15.7 Å². The molecule has 0 radical (unpaired) electrons. The highest BCUT2D eigenvalue weighted by atomic mass is 32.1. The molecule has 2 N–H and O–H groups in total. The minimum atomic E-state index is -0.450. The van der Waals surface area contributed by atoms with Crippen LogP contribution in [0.1, 0.15) is 26.5 Å². The standard InChI is InChI=1S/C19H18FN3OS/c1-11-4-7-14(8-5-11)22-19-21-13(3)17(25-19)18(24)23-16-9-6-12(2)10-15(16)20/h4-10H,1-3H3,(H,21,22)(H,23,24). The molecule has 0 aliphatic carbocycles. The monoisotopic (exact) mass is 355 g/mol. The van der Waals surface area contributed by atoms with E-state index >= 15 is 0 Å². The number of anilines is 3. The molecule has 128 valence electrons. The van der Waals surface area contributed by atoms with Crippen LogP contribution in [0.15, 0.2) is 42.5 Å². The molecule has 0 fully saturated rings. The van der Waals surface area contributed by atoms with Gasteiger partial charge in [-0.05, 0) is 50.6 Å². The number of hydrogen-bond donors (Lipinski definition) is 2. The Bertz CT molecular complexity index is 919. The van der Waals surface area contributed by atoms with Crippen molar-refractivity contribution in [3.63, 3.8) is 0 Å². The van der Waals surface area contributed by atoms with Crippen LogP contribution in [0.5, 0.6) is 0 Å². The largest absolute Gasteiger partial charge is 0.332 e. The molecule has 4 nitrogen and oxygen atoms in total. The van der Waals surface area contributed by atoms with E-state index in [2.05, 4.69) is 15.6 Å². The van der Waals surface area contributed by atoms with Gasteiger partial charge >= 0.3 is 0 Å². The average Bonchev–Trinajstić information content (AvgIpc) is 2.93. The summed E-state index contributed by atoms with van der Waals surface area (Å²) in [5.74, 6) is -0.816. The maximum Gasteiger partial charge on any atom is 0.267 e. The van der Waals surface area contributed by atoms with Crippen molar-refractivity contribution in [3.05, 3.63) is 70.0 Å². The molecule has 0 spiro atoms. The lowest BCUT2D eigenvalue weighted by atomic mass is 10.2. The molecule has 0 atom stereocenters. The number of rotatable bonds is 4. The molecule has 0 saturated carbocycles. The van der Waals surface area contributed by atoms with Crippen molar-refractivity contribution in [3.8, 4) is 0 Å². The zero-order chi connectivity index (χ0) is 18.0. The van der Waals surface area contributed by atoms with Gasteiger partial charge in [-0.2, -0.15) is 0 Å². The Morgan fingerprint density at radius 1 is 1.04 bits per heavy atom. The van der Waals surface area contributed by atoms with Crippen molar-refractivity contribution >= 4 is 33.8 Å². The number of nitrogens with zero attached hydrogens (tertiary/aromatic N) is 1. The molecule has 2 aromatic carbocycles. The van der Waals surface area contributed by atoms with E-state index < -0.39 is 5.82 Å². The van der Waals surface area contributed by atoms with Gasteiger partial charge in [0, 0.05) is 5.69 Å². The van der Waals surface area contributed by atoms with Crippen molar-refractivity contribution in [2.75, 3.05) is 10.6 Å². The zero-order valence-corrected chi connectivity index (χ0v) is 15.0. The summed E-state index contributed by atoms with van der Waals surface area (Å²) < 4.78 is 13.9. The van der Waals surface area contributed by atoms with E-state index in [-0.39, 0.29) is 11.6 Å². The van der Waals surface area contributed by atoms with Crippen LogP contribution in [-0.2, 0) is 0 Å². The van der Waals surface area contributed by atoms with Crippen LogP contribution in [0.3, 0.4) is 0 Å². The zero-order valence-electron chi connectivity index (χ0n) is 14.2. The Balaban J connectivity index is 1.77. The third-order valence-corrected chi connectivity index (χ3v) is 4.75. The lowest BCUT2D eigenvalue weighted by molar-refractivity contribution is 0.102. The van der Waals surface area contributed by atoms with Crippen LogP contribution in [0.2, 0.25) is 0 Å². The first-order valence-electron chi connectivity index (χ1n) is 7.81. The fourth-order valence-corrected chi connectivity index (χ4v) is 3.20. The maximum atomic E-state index is 13.9. The van der Waals surface area contributed by atoms with E-state index in [0.717, 1.165) is 11.3 Å². The van der Waals surface area contributed by atoms with Crippen molar-refractivity contribution in [2.45, 2.75) is 20.8 Å². The minimum absolute atomic E-state index is 0.163. The van der Waals surface area contributed by atoms with Crippen molar-refractivity contribution in [2.24, 2.45) is 0 Å². The van der Waals surface area contributed by atoms with Gasteiger partial charge in [0.05, 0.1) is 11.4 Å². The number of nitrogens with one attached hydrogen (secondary N) is 2. The first kappa shape index (κ1) is 17.1. The molecule has 0 aliphatic rings. The second-order valence-electron chi connectivity index (χ2n) is 5.86. The second kappa shape index (κ2) is 7.03. The lowest BCUT2D eigenvalue weighted by Crippen LogP contribution is -2.12. The number of halogens is 1. The van der Waals surface area contributed by atoms with E-state index in [4.69, 9.17) is 0 Å². The Kier molecular flexibility index (Phi) is 4.81.